The van der Waals surface area contributed by atoms with Crippen molar-refractivity contribution in [2.75, 3.05) is 6.54 Å². The maximum Gasteiger partial charge on any atom is 0.323 e. The molecule has 5 heteroatoms. The molecule has 0 unspecified atom stereocenters. The zero-order valence-electron chi connectivity index (χ0n) is 11.0. The number of carbonyl (C=O) groups is 2. The summed E-state index contributed by atoms with van der Waals surface area (Å²) in [6, 6.07) is 8.52. The average Bonchev–Trinajstić information content (AvgIpc) is 2.35. The van der Waals surface area contributed by atoms with Gasteiger partial charge in [0.05, 0.1) is 12.5 Å². The van der Waals surface area contributed by atoms with Crippen molar-refractivity contribution >= 4 is 11.9 Å². The van der Waals surface area contributed by atoms with E-state index in [0.29, 0.717) is 5.56 Å². The number of carbonyl (C=O) groups excluding carboxylic acids is 1. The van der Waals surface area contributed by atoms with Crippen molar-refractivity contribution in [2.45, 2.75) is 26.3 Å². The minimum Gasteiger partial charge on any atom is -0.480 e. The van der Waals surface area contributed by atoms with Gasteiger partial charge in [-0.05, 0) is 31.5 Å². The zero-order valence-corrected chi connectivity index (χ0v) is 11.0. The minimum atomic E-state index is -1.05. The van der Waals surface area contributed by atoms with Crippen LogP contribution in [0.5, 0.6) is 0 Å². The topological polar surface area (TPSA) is 81.4 Å². The van der Waals surface area contributed by atoms with Crippen LogP contribution in [0.2, 0.25) is 0 Å². The van der Waals surface area contributed by atoms with E-state index in [-0.39, 0.29) is 24.9 Å². The highest BCUT2D eigenvalue weighted by Gasteiger charge is 2.21. The number of hydrogen-bond donors (Lipinski definition) is 1. The van der Waals surface area contributed by atoms with E-state index in [1.54, 1.807) is 38.1 Å². The summed E-state index contributed by atoms with van der Waals surface area (Å²) in [6.07, 6.45) is 0.224. The van der Waals surface area contributed by atoms with Crippen LogP contribution in [0.25, 0.3) is 0 Å². The standard InChI is InChI=1S/C14H16N2O3/c1-10(2)16(9-13(17)18)14(19)12-5-3-4-11(8-12)6-7-15/h3-5,8,10H,6,9H2,1-2H3,(H,17,18). The fourth-order valence-electron chi connectivity index (χ4n) is 1.71. The smallest absolute Gasteiger partial charge is 0.323 e. The lowest BCUT2D eigenvalue weighted by Crippen LogP contribution is -2.40. The normalized spacial score (nSPS) is 10.0. The van der Waals surface area contributed by atoms with E-state index in [4.69, 9.17) is 10.4 Å². The molecule has 0 spiro atoms. The number of aliphatic carboxylic acids is 1. The molecule has 0 bridgehead atoms. The lowest BCUT2D eigenvalue weighted by atomic mass is 10.1. The van der Waals surface area contributed by atoms with Gasteiger partial charge in [0.25, 0.3) is 5.91 Å². The molecule has 0 aromatic heterocycles. The molecule has 0 radical (unpaired) electrons. The molecular formula is C14H16N2O3. The van der Waals surface area contributed by atoms with Gasteiger partial charge in [0.15, 0.2) is 0 Å². The summed E-state index contributed by atoms with van der Waals surface area (Å²) >= 11 is 0. The van der Waals surface area contributed by atoms with E-state index >= 15 is 0 Å². The second-order valence-corrected chi connectivity index (χ2v) is 4.46. The fourth-order valence-corrected chi connectivity index (χ4v) is 1.71. The first-order valence-electron chi connectivity index (χ1n) is 5.94. The van der Waals surface area contributed by atoms with Crippen molar-refractivity contribution in [2.24, 2.45) is 0 Å². The van der Waals surface area contributed by atoms with Gasteiger partial charge in [0, 0.05) is 11.6 Å². The summed E-state index contributed by atoms with van der Waals surface area (Å²) in [6.45, 7) is 3.19. The van der Waals surface area contributed by atoms with Crippen LogP contribution in [0, 0.1) is 11.3 Å². The number of benzene rings is 1. The summed E-state index contributed by atoms with van der Waals surface area (Å²) in [7, 11) is 0. The molecule has 1 amide bonds. The van der Waals surface area contributed by atoms with E-state index in [1.165, 1.54) is 4.90 Å². The highest BCUT2D eigenvalue weighted by atomic mass is 16.4. The summed E-state index contributed by atoms with van der Waals surface area (Å²) in [4.78, 5) is 24.3. The Balaban J connectivity index is 2.99. The number of hydrogen-bond acceptors (Lipinski definition) is 3. The second kappa shape index (κ2) is 6.55. The lowest BCUT2D eigenvalue weighted by Gasteiger charge is -2.25. The van der Waals surface area contributed by atoms with Gasteiger partial charge >= 0.3 is 5.97 Å². The van der Waals surface area contributed by atoms with Gasteiger partial charge in [-0.1, -0.05) is 12.1 Å². The van der Waals surface area contributed by atoms with E-state index in [9.17, 15) is 9.59 Å². The van der Waals surface area contributed by atoms with Gasteiger partial charge in [0.2, 0.25) is 0 Å². The Kier molecular flexibility index (Phi) is 5.07. The first kappa shape index (κ1) is 14.7. The average molecular weight is 260 g/mol. The lowest BCUT2D eigenvalue weighted by molar-refractivity contribution is -0.138. The Morgan fingerprint density at radius 3 is 2.63 bits per heavy atom. The Labute approximate surface area is 112 Å². The van der Waals surface area contributed by atoms with Crippen LogP contribution in [0.15, 0.2) is 24.3 Å². The van der Waals surface area contributed by atoms with Crippen molar-refractivity contribution in [3.05, 3.63) is 35.4 Å². The van der Waals surface area contributed by atoms with Crippen molar-refractivity contribution < 1.29 is 14.7 Å². The molecule has 100 valence electrons. The number of nitrogens with zero attached hydrogens (tertiary/aromatic N) is 2. The van der Waals surface area contributed by atoms with Crippen LogP contribution in [0.3, 0.4) is 0 Å². The molecule has 19 heavy (non-hydrogen) atoms. The predicted octanol–water partition coefficient (Wildman–Crippen LogP) is 1.69. The maximum atomic E-state index is 12.3. The van der Waals surface area contributed by atoms with Crippen LogP contribution >= 0.6 is 0 Å². The molecule has 1 aromatic carbocycles. The zero-order chi connectivity index (χ0) is 14.4. The molecule has 5 nitrogen and oxygen atoms in total. The van der Waals surface area contributed by atoms with E-state index in [1.807, 2.05) is 6.07 Å². The molecule has 0 aliphatic rings. The largest absolute Gasteiger partial charge is 0.480 e. The van der Waals surface area contributed by atoms with Crippen LogP contribution < -0.4 is 0 Å². The van der Waals surface area contributed by atoms with E-state index < -0.39 is 5.97 Å². The number of amides is 1. The third kappa shape index (κ3) is 4.11. The molecule has 0 aliphatic carbocycles. The first-order valence-corrected chi connectivity index (χ1v) is 5.94. The Bertz CT molecular complexity index is 518. The Morgan fingerprint density at radius 1 is 1.42 bits per heavy atom. The molecule has 1 rings (SSSR count). The molecule has 1 aromatic rings. The fraction of sp³-hybridized carbons (Fsp3) is 0.357. The molecule has 0 fully saturated rings. The van der Waals surface area contributed by atoms with Crippen LogP contribution in [-0.4, -0.2) is 34.5 Å². The SMILES string of the molecule is CC(C)N(CC(=O)O)C(=O)c1cccc(CC#N)c1. The molecule has 1 N–H and O–H groups in total. The van der Waals surface area contributed by atoms with Crippen LogP contribution in [0.1, 0.15) is 29.8 Å². The first-order chi connectivity index (χ1) is 8.95. The number of nitriles is 1. The Morgan fingerprint density at radius 2 is 2.11 bits per heavy atom. The molecular weight excluding hydrogens is 244 g/mol. The number of carboxylic acids is 1. The van der Waals surface area contributed by atoms with Gasteiger partial charge in [-0.15, -0.1) is 0 Å². The van der Waals surface area contributed by atoms with Crippen molar-refractivity contribution in [3.8, 4) is 6.07 Å². The third-order valence-corrected chi connectivity index (χ3v) is 2.65. The molecule has 0 heterocycles. The minimum absolute atomic E-state index is 0.205. The molecule has 0 aliphatic heterocycles. The quantitative estimate of drug-likeness (QED) is 0.873. The Hall–Kier alpha value is -2.35. The van der Waals surface area contributed by atoms with Gasteiger partial charge in [0.1, 0.15) is 6.54 Å². The maximum absolute atomic E-state index is 12.3. The van der Waals surface area contributed by atoms with Gasteiger partial charge in [-0.3, -0.25) is 9.59 Å². The van der Waals surface area contributed by atoms with Gasteiger partial charge < -0.3 is 10.0 Å². The summed E-state index contributed by atoms with van der Waals surface area (Å²) < 4.78 is 0. The monoisotopic (exact) mass is 260 g/mol. The van der Waals surface area contributed by atoms with Crippen molar-refractivity contribution in [1.82, 2.24) is 4.90 Å². The number of rotatable bonds is 5. The predicted molar refractivity (Wildman–Crippen MR) is 69.6 cm³/mol. The highest BCUT2D eigenvalue weighted by molar-refractivity contribution is 5.96. The molecule has 0 atom stereocenters. The van der Waals surface area contributed by atoms with Crippen molar-refractivity contribution in [1.29, 1.82) is 5.26 Å². The van der Waals surface area contributed by atoms with E-state index in [0.717, 1.165) is 5.56 Å². The van der Waals surface area contributed by atoms with Gasteiger partial charge in [-0.25, -0.2) is 0 Å². The molecule has 0 saturated carbocycles. The van der Waals surface area contributed by atoms with E-state index in [2.05, 4.69) is 0 Å². The summed E-state index contributed by atoms with van der Waals surface area (Å²) in [5.41, 5.74) is 1.15. The van der Waals surface area contributed by atoms with Crippen LogP contribution in [-0.2, 0) is 11.2 Å². The highest BCUT2D eigenvalue weighted by Crippen LogP contribution is 2.11. The summed E-state index contributed by atoms with van der Waals surface area (Å²) in [5.74, 6) is -1.38. The number of carboxylic acid groups (broad SMARTS) is 1. The third-order valence-electron chi connectivity index (χ3n) is 2.65. The molecule has 0 saturated heterocycles. The van der Waals surface area contributed by atoms with Gasteiger partial charge in [-0.2, -0.15) is 5.26 Å². The van der Waals surface area contributed by atoms with Crippen LogP contribution in [0.4, 0.5) is 0 Å². The second-order valence-electron chi connectivity index (χ2n) is 4.46. The summed E-state index contributed by atoms with van der Waals surface area (Å²) in [5, 5.41) is 17.5. The van der Waals surface area contributed by atoms with Crippen molar-refractivity contribution in [3.63, 3.8) is 0 Å².